The van der Waals surface area contributed by atoms with E-state index in [4.69, 9.17) is 21.4 Å². The van der Waals surface area contributed by atoms with E-state index in [0.29, 0.717) is 17.2 Å². The first-order chi connectivity index (χ1) is 9.72. The van der Waals surface area contributed by atoms with Crippen LogP contribution in [0.15, 0.2) is 24.3 Å². The highest BCUT2D eigenvalue weighted by molar-refractivity contribution is 6.30. The minimum Gasteiger partial charge on any atom is -0.481 e. The van der Waals surface area contributed by atoms with Crippen molar-refractivity contribution >= 4 is 23.5 Å². The van der Waals surface area contributed by atoms with Crippen molar-refractivity contribution in [3.8, 4) is 5.75 Å². The number of carbonyl (C=O) groups is 2. The Morgan fingerprint density at radius 3 is 2.67 bits per heavy atom. The number of aliphatic carboxylic acids is 1. The van der Waals surface area contributed by atoms with E-state index >= 15 is 0 Å². The second-order valence-electron chi connectivity index (χ2n) is 5.45. The summed E-state index contributed by atoms with van der Waals surface area (Å²) in [6.07, 6.45) is -0.339. The van der Waals surface area contributed by atoms with Crippen molar-refractivity contribution in [3.05, 3.63) is 29.3 Å². The third kappa shape index (κ3) is 5.63. The van der Waals surface area contributed by atoms with Crippen LogP contribution in [0.5, 0.6) is 5.75 Å². The van der Waals surface area contributed by atoms with E-state index < -0.39 is 17.5 Å². The van der Waals surface area contributed by atoms with Crippen molar-refractivity contribution in [2.45, 2.75) is 33.3 Å². The molecule has 0 saturated heterocycles. The molecular weight excluding hydrogens is 294 g/mol. The Kier molecular flexibility index (Phi) is 6.03. The fourth-order valence-electron chi connectivity index (χ4n) is 1.55. The van der Waals surface area contributed by atoms with Crippen molar-refractivity contribution in [1.29, 1.82) is 0 Å². The third-order valence-electron chi connectivity index (χ3n) is 3.11. The first kappa shape index (κ1) is 17.3. The van der Waals surface area contributed by atoms with Gasteiger partial charge in [0.25, 0.3) is 5.91 Å². The van der Waals surface area contributed by atoms with Crippen LogP contribution < -0.4 is 10.1 Å². The average Bonchev–Trinajstić information content (AvgIpc) is 2.38. The zero-order valence-corrected chi connectivity index (χ0v) is 13.1. The quantitative estimate of drug-likeness (QED) is 0.811. The van der Waals surface area contributed by atoms with Crippen LogP contribution in [0.4, 0.5) is 0 Å². The maximum absolute atomic E-state index is 11.9. The zero-order chi connectivity index (χ0) is 16.0. The molecule has 1 unspecified atom stereocenters. The molecule has 1 atom stereocenters. The summed E-state index contributed by atoms with van der Waals surface area (Å²) in [6.45, 7) is 5.14. The predicted molar refractivity (Wildman–Crippen MR) is 80.6 cm³/mol. The number of hydrogen-bond donors (Lipinski definition) is 2. The van der Waals surface area contributed by atoms with E-state index in [2.05, 4.69) is 5.32 Å². The van der Waals surface area contributed by atoms with Crippen LogP contribution in [0, 0.1) is 5.41 Å². The third-order valence-corrected chi connectivity index (χ3v) is 3.34. The molecule has 0 aliphatic carbocycles. The summed E-state index contributed by atoms with van der Waals surface area (Å²) in [7, 11) is 0. The van der Waals surface area contributed by atoms with Crippen molar-refractivity contribution in [2.75, 3.05) is 6.54 Å². The molecule has 0 radical (unpaired) electrons. The Labute approximate surface area is 129 Å². The van der Waals surface area contributed by atoms with Crippen molar-refractivity contribution in [1.82, 2.24) is 5.32 Å². The number of ether oxygens (including phenoxy) is 1. The van der Waals surface area contributed by atoms with Gasteiger partial charge in [-0.05, 0) is 45.4 Å². The summed E-state index contributed by atoms with van der Waals surface area (Å²) in [4.78, 5) is 22.8. The molecule has 0 aliphatic heterocycles. The molecule has 0 heterocycles. The van der Waals surface area contributed by atoms with Gasteiger partial charge in [0.15, 0.2) is 6.10 Å². The average molecular weight is 314 g/mol. The summed E-state index contributed by atoms with van der Waals surface area (Å²) < 4.78 is 5.47. The van der Waals surface area contributed by atoms with Crippen molar-refractivity contribution < 1.29 is 19.4 Å². The summed E-state index contributed by atoms with van der Waals surface area (Å²) in [6, 6.07) is 6.78. The fourth-order valence-corrected chi connectivity index (χ4v) is 1.73. The lowest BCUT2D eigenvalue weighted by Crippen LogP contribution is -2.39. The molecule has 116 valence electrons. The van der Waals surface area contributed by atoms with Crippen LogP contribution in [-0.2, 0) is 9.59 Å². The minimum absolute atomic E-state index is 0.279. The van der Waals surface area contributed by atoms with Gasteiger partial charge in [0.1, 0.15) is 5.75 Å². The molecule has 21 heavy (non-hydrogen) atoms. The monoisotopic (exact) mass is 313 g/mol. The number of amides is 1. The van der Waals surface area contributed by atoms with Gasteiger partial charge in [-0.25, -0.2) is 0 Å². The Bertz CT molecular complexity index is 516. The number of carboxylic acids is 1. The molecule has 0 bridgehead atoms. The first-order valence-corrected chi connectivity index (χ1v) is 7.03. The van der Waals surface area contributed by atoms with Gasteiger partial charge in [-0.3, -0.25) is 9.59 Å². The van der Waals surface area contributed by atoms with Crippen LogP contribution in [0.25, 0.3) is 0 Å². The van der Waals surface area contributed by atoms with Gasteiger partial charge >= 0.3 is 5.97 Å². The number of rotatable bonds is 7. The molecule has 0 aliphatic rings. The lowest BCUT2D eigenvalue weighted by atomic mass is 9.90. The number of nitrogens with one attached hydrogen (secondary N) is 1. The molecule has 1 amide bonds. The van der Waals surface area contributed by atoms with Gasteiger partial charge in [-0.15, -0.1) is 0 Å². The highest BCUT2D eigenvalue weighted by Gasteiger charge is 2.27. The van der Waals surface area contributed by atoms with Crippen molar-refractivity contribution in [2.24, 2.45) is 5.41 Å². The van der Waals surface area contributed by atoms with E-state index in [1.165, 1.54) is 0 Å². The van der Waals surface area contributed by atoms with E-state index in [-0.39, 0.29) is 12.5 Å². The molecule has 0 fully saturated rings. The predicted octanol–water partition coefficient (Wildman–Crippen LogP) is 2.72. The van der Waals surface area contributed by atoms with Crippen LogP contribution >= 0.6 is 11.6 Å². The number of benzene rings is 1. The lowest BCUT2D eigenvalue weighted by Gasteiger charge is -2.20. The Morgan fingerprint density at radius 2 is 2.10 bits per heavy atom. The Balaban J connectivity index is 2.43. The molecular formula is C15H20ClNO4. The molecule has 0 aromatic heterocycles. The maximum atomic E-state index is 11.9. The Hall–Kier alpha value is -1.75. The number of halogens is 1. The fraction of sp³-hybridized carbons (Fsp3) is 0.467. The molecule has 0 spiro atoms. The highest BCUT2D eigenvalue weighted by atomic mass is 35.5. The van der Waals surface area contributed by atoms with Gasteiger partial charge in [0.2, 0.25) is 0 Å². The van der Waals surface area contributed by atoms with Gasteiger partial charge in [-0.1, -0.05) is 17.7 Å². The van der Waals surface area contributed by atoms with Gasteiger partial charge in [0.05, 0.1) is 5.41 Å². The molecule has 2 N–H and O–H groups in total. The van der Waals surface area contributed by atoms with Crippen LogP contribution in [-0.4, -0.2) is 29.6 Å². The zero-order valence-electron chi connectivity index (χ0n) is 12.4. The molecule has 6 heteroatoms. The topological polar surface area (TPSA) is 75.6 Å². The number of carboxylic acid groups (broad SMARTS) is 1. The molecule has 5 nitrogen and oxygen atoms in total. The molecule has 1 rings (SSSR count). The first-order valence-electron chi connectivity index (χ1n) is 6.66. The standard InChI is InChI=1S/C15H20ClNO4/c1-10(21-12-6-4-5-11(16)9-12)13(18)17-8-7-15(2,3)14(19)20/h4-6,9-10H,7-8H2,1-3H3,(H,17,18)(H,19,20). The second-order valence-corrected chi connectivity index (χ2v) is 5.88. The van der Waals surface area contributed by atoms with E-state index in [0.717, 1.165) is 0 Å². The van der Waals surface area contributed by atoms with Gasteiger partial charge in [0, 0.05) is 11.6 Å². The van der Waals surface area contributed by atoms with Crippen LogP contribution in [0.1, 0.15) is 27.2 Å². The number of carbonyl (C=O) groups excluding carboxylic acids is 1. The van der Waals surface area contributed by atoms with E-state index in [9.17, 15) is 9.59 Å². The molecule has 0 saturated carbocycles. The van der Waals surface area contributed by atoms with Gasteiger partial charge in [-0.2, -0.15) is 0 Å². The summed E-state index contributed by atoms with van der Waals surface area (Å²) in [5.41, 5.74) is -0.871. The van der Waals surface area contributed by atoms with E-state index in [1.807, 2.05) is 0 Å². The minimum atomic E-state index is -0.889. The SMILES string of the molecule is CC(Oc1cccc(Cl)c1)C(=O)NCCC(C)(C)C(=O)O. The van der Waals surface area contributed by atoms with Crippen LogP contribution in [0.2, 0.25) is 5.02 Å². The van der Waals surface area contributed by atoms with E-state index in [1.54, 1.807) is 45.0 Å². The van der Waals surface area contributed by atoms with Crippen LogP contribution in [0.3, 0.4) is 0 Å². The maximum Gasteiger partial charge on any atom is 0.309 e. The van der Waals surface area contributed by atoms with Crippen molar-refractivity contribution in [3.63, 3.8) is 0 Å². The second kappa shape index (κ2) is 7.31. The number of hydrogen-bond acceptors (Lipinski definition) is 3. The highest BCUT2D eigenvalue weighted by Crippen LogP contribution is 2.20. The summed E-state index contributed by atoms with van der Waals surface area (Å²) >= 11 is 5.84. The van der Waals surface area contributed by atoms with Gasteiger partial charge < -0.3 is 15.2 Å². The largest absolute Gasteiger partial charge is 0.481 e. The Morgan fingerprint density at radius 1 is 1.43 bits per heavy atom. The molecule has 1 aromatic carbocycles. The normalized spacial score (nSPS) is 12.6. The molecule has 1 aromatic rings. The summed E-state index contributed by atoms with van der Waals surface area (Å²) in [5.74, 6) is -0.674. The lowest BCUT2D eigenvalue weighted by molar-refractivity contribution is -0.147. The summed E-state index contributed by atoms with van der Waals surface area (Å²) in [5, 5.41) is 12.2. The smallest absolute Gasteiger partial charge is 0.309 e.